The molecule has 74 valence electrons. The van der Waals surface area contributed by atoms with Crippen molar-refractivity contribution in [2.45, 2.75) is 33.1 Å². The summed E-state index contributed by atoms with van der Waals surface area (Å²) in [4.78, 5) is 2.18. The molecule has 0 radical (unpaired) electrons. The molecular weight excluding hydrogens is 150 g/mol. The smallest absolute Gasteiger partial charge is 0.0487 e. The summed E-state index contributed by atoms with van der Waals surface area (Å²) in [5, 5.41) is 9.27. The first-order chi connectivity index (χ1) is 5.60. The first-order valence-corrected chi connectivity index (χ1v) is 4.86. The van der Waals surface area contributed by atoms with E-state index in [2.05, 4.69) is 32.8 Å². The molecule has 2 nitrogen and oxygen atoms in total. The predicted octanol–water partition coefficient (Wildman–Crippen LogP) is 1.74. The Bertz CT molecular complexity index is 100. The van der Waals surface area contributed by atoms with Gasteiger partial charge in [0.25, 0.3) is 0 Å². The number of rotatable bonds is 6. The maximum Gasteiger partial charge on any atom is 0.0487 e. The van der Waals surface area contributed by atoms with Crippen molar-refractivity contribution >= 4 is 0 Å². The molecule has 0 aliphatic carbocycles. The minimum absolute atomic E-state index is 0.171. The fourth-order valence-corrected chi connectivity index (χ4v) is 1.37. The van der Waals surface area contributed by atoms with Gasteiger partial charge in [-0.15, -0.1) is 0 Å². The summed E-state index contributed by atoms with van der Waals surface area (Å²) in [6.45, 7) is 5.72. The highest BCUT2D eigenvalue weighted by molar-refractivity contribution is 4.76. The summed E-state index contributed by atoms with van der Waals surface area (Å²) in [5.74, 6) is 0. The Morgan fingerprint density at radius 3 is 1.92 bits per heavy atom. The molecule has 0 unspecified atom stereocenters. The van der Waals surface area contributed by atoms with Gasteiger partial charge in [-0.25, -0.2) is 0 Å². The molecule has 0 bridgehead atoms. The van der Waals surface area contributed by atoms with Crippen LogP contribution in [0, 0.1) is 5.41 Å². The molecule has 0 rings (SSSR count). The molecule has 0 aliphatic heterocycles. The SMILES string of the molecule is CCC(CC)(CO)CCN(C)C. The maximum absolute atomic E-state index is 9.27. The monoisotopic (exact) mass is 173 g/mol. The van der Waals surface area contributed by atoms with Gasteiger partial charge in [0.1, 0.15) is 0 Å². The number of aliphatic hydroxyl groups is 1. The van der Waals surface area contributed by atoms with Crippen LogP contribution < -0.4 is 0 Å². The summed E-state index contributed by atoms with van der Waals surface area (Å²) >= 11 is 0. The lowest BCUT2D eigenvalue weighted by molar-refractivity contribution is 0.0964. The number of hydrogen-bond acceptors (Lipinski definition) is 2. The van der Waals surface area contributed by atoms with Crippen LogP contribution in [0.25, 0.3) is 0 Å². The fourth-order valence-electron chi connectivity index (χ4n) is 1.37. The Kier molecular flexibility index (Phi) is 5.51. The predicted molar refractivity (Wildman–Crippen MR) is 53.3 cm³/mol. The molecule has 1 N–H and O–H groups in total. The lowest BCUT2D eigenvalue weighted by Gasteiger charge is -2.30. The highest BCUT2D eigenvalue weighted by Gasteiger charge is 2.24. The van der Waals surface area contributed by atoms with Gasteiger partial charge in [0.2, 0.25) is 0 Å². The third-order valence-electron chi connectivity index (χ3n) is 2.92. The zero-order valence-corrected chi connectivity index (χ0v) is 8.93. The second-order valence-electron chi connectivity index (χ2n) is 3.92. The Balaban J connectivity index is 3.93. The molecule has 0 heterocycles. The lowest BCUT2D eigenvalue weighted by atomic mass is 9.80. The maximum atomic E-state index is 9.27. The molecule has 2 heteroatoms. The Morgan fingerprint density at radius 1 is 1.17 bits per heavy atom. The largest absolute Gasteiger partial charge is 0.396 e. The van der Waals surface area contributed by atoms with Crippen LogP contribution in [0.15, 0.2) is 0 Å². The van der Waals surface area contributed by atoms with Crippen LogP contribution in [0.5, 0.6) is 0 Å². The van der Waals surface area contributed by atoms with Crippen molar-refractivity contribution in [3.05, 3.63) is 0 Å². The highest BCUT2D eigenvalue weighted by atomic mass is 16.3. The molecule has 0 atom stereocenters. The molecule has 0 aromatic rings. The van der Waals surface area contributed by atoms with E-state index in [1.54, 1.807) is 0 Å². The van der Waals surface area contributed by atoms with Crippen LogP contribution in [0.3, 0.4) is 0 Å². The van der Waals surface area contributed by atoms with Crippen molar-refractivity contribution in [3.8, 4) is 0 Å². The standard InChI is InChI=1S/C10H23NO/c1-5-10(6-2,9-12)7-8-11(3)4/h12H,5-9H2,1-4H3. The van der Waals surface area contributed by atoms with Crippen molar-refractivity contribution in [1.29, 1.82) is 0 Å². The van der Waals surface area contributed by atoms with E-state index in [1.165, 1.54) is 0 Å². The summed E-state index contributed by atoms with van der Waals surface area (Å²) in [5.41, 5.74) is 0.171. The third-order valence-corrected chi connectivity index (χ3v) is 2.92. The first kappa shape index (κ1) is 11.9. The van der Waals surface area contributed by atoms with Gasteiger partial charge in [0.05, 0.1) is 0 Å². The van der Waals surface area contributed by atoms with Gasteiger partial charge in [-0.1, -0.05) is 13.8 Å². The van der Waals surface area contributed by atoms with Crippen molar-refractivity contribution in [1.82, 2.24) is 4.90 Å². The van der Waals surface area contributed by atoms with E-state index < -0.39 is 0 Å². The van der Waals surface area contributed by atoms with E-state index in [1.807, 2.05) is 0 Å². The molecule has 0 fully saturated rings. The molecule has 0 aromatic carbocycles. The summed E-state index contributed by atoms with van der Waals surface area (Å²) in [6, 6.07) is 0. The van der Waals surface area contributed by atoms with E-state index in [-0.39, 0.29) is 5.41 Å². The summed E-state index contributed by atoms with van der Waals surface area (Å²) in [6.07, 6.45) is 3.26. The highest BCUT2D eigenvalue weighted by Crippen LogP contribution is 2.29. The van der Waals surface area contributed by atoms with Crippen LogP contribution in [0.2, 0.25) is 0 Å². The zero-order chi connectivity index (χ0) is 9.61. The Morgan fingerprint density at radius 2 is 1.67 bits per heavy atom. The lowest BCUT2D eigenvalue weighted by Crippen LogP contribution is -2.28. The molecule has 0 saturated heterocycles. The van der Waals surface area contributed by atoms with Crippen molar-refractivity contribution in [2.24, 2.45) is 5.41 Å². The summed E-state index contributed by atoms with van der Waals surface area (Å²) < 4.78 is 0. The quantitative estimate of drug-likeness (QED) is 0.661. The van der Waals surface area contributed by atoms with Crippen molar-refractivity contribution in [2.75, 3.05) is 27.2 Å². The fraction of sp³-hybridized carbons (Fsp3) is 1.00. The van der Waals surface area contributed by atoms with Crippen molar-refractivity contribution < 1.29 is 5.11 Å². The molecule has 0 amide bonds. The van der Waals surface area contributed by atoms with Gasteiger partial charge >= 0.3 is 0 Å². The van der Waals surface area contributed by atoms with Gasteiger partial charge in [0, 0.05) is 6.61 Å². The average molecular weight is 173 g/mol. The van der Waals surface area contributed by atoms with Crippen molar-refractivity contribution in [3.63, 3.8) is 0 Å². The van der Waals surface area contributed by atoms with Crippen LogP contribution >= 0.6 is 0 Å². The molecule has 0 aromatic heterocycles. The molecule has 0 saturated carbocycles. The van der Waals surface area contributed by atoms with Gasteiger partial charge in [-0.3, -0.25) is 0 Å². The molecule has 12 heavy (non-hydrogen) atoms. The molecule has 0 aliphatic rings. The second kappa shape index (κ2) is 5.55. The topological polar surface area (TPSA) is 23.5 Å². The average Bonchev–Trinajstić information content (AvgIpc) is 2.08. The molecular formula is C10H23NO. The second-order valence-corrected chi connectivity index (χ2v) is 3.92. The van der Waals surface area contributed by atoms with Gasteiger partial charge in [-0.05, 0) is 45.3 Å². The Hall–Kier alpha value is -0.0800. The van der Waals surface area contributed by atoms with Crippen LogP contribution in [0.1, 0.15) is 33.1 Å². The van der Waals surface area contributed by atoms with E-state index in [0.717, 1.165) is 25.8 Å². The van der Waals surface area contributed by atoms with Crippen LogP contribution in [0.4, 0.5) is 0 Å². The minimum atomic E-state index is 0.171. The van der Waals surface area contributed by atoms with Crippen LogP contribution in [-0.4, -0.2) is 37.3 Å². The van der Waals surface area contributed by atoms with E-state index >= 15 is 0 Å². The first-order valence-electron chi connectivity index (χ1n) is 4.86. The molecule has 0 spiro atoms. The normalized spacial score (nSPS) is 12.5. The van der Waals surface area contributed by atoms with E-state index in [9.17, 15) is 5.11 Å². The summed E-state index contributed by atoms with van der Waals surface area (Å²) in [7, 11) is 4.15. The van der Waals surface area contributed by atoms with Gasteiger partial charge < -0.3 is 10.0 Å². The van der Waals surface area contributed by atoms with E-state index in [0.29, 0.717) is 6.61 Å². The zero-order valence-electron chi connectivity index (χ0n) is 8.93. The number of aliphatic hydroxyl groups excluding tert-OH is 1. The Labute approximate surface area is 76.6 Å². The number of hydrogen-bond donors (Lipinski definition) is 1. The minimum Gasteiger partial charge on any atom is -0.396 e. The van der Waals surface area contributed by atoms with E-state index in [4.69, 9.17) is 0 Å². The third kappa shape index (κ3) is 3.55. The van der Waals surface area contributed by atoms with Gasteiger partial charge in [0.15, 0.2) is 0 Å². The van der Waals surface area contributed by atoms with Crippen LogP contribution in [-0.2, 0) is 0 Å². The van der Waals surface area contributed by atoms with Gasteiger partial charge in [-0.2, -0.15) is 0 Å². The number of nitrogens with zero attached hydrogens (tertiary/aromatic N) is 1.